The monoisotopic (exact) mass is 297 g/mol. The minimum absolute atomic E-state index is 0.177. The summed E-state index contributed by atoms with van der Waals surface area (Å²) < 4.78 is 28.8. The lowest BCUT2D eigenvalue weighted by Crippen LogP contribution is -2.40. The highest BCUT2D eigenvalue weighted by atomic mass is 32.2. The predicted octanol–water partition coefficient (Wildman–Crippen LogP) is 2.01. The van der Waals surface area contributed by atoms with Gasteiger partial charge in [-0.05, 0) is 31.4 Å². The fourth-order valence-electron chi connectivity index (χ4n) is 2.67. The third kappa shape index (κ3) is 4.80. The van der Waals surface area contributed by atoms with E-state index >= 15 is 0 Å². The van der Waals surface area contributed by atoms with E-state index in [4.69, 9.17) is 4.74 Å². The number of sulfone groups is 1. The van der Waals surface area contributed by atoms with Crippen molar-refractivity contribution >= 4 is 9.84 Å². The smallest absolute Gasteiger partial charge is 0.150 e. The number of hydrogen-bond acceptors (Lipinski definition) is 4. The van der Waals surface area contributed by atoms with Gasteiger partial charge in [-0.1, -0.05) is 24.6 Å². The fourth-order valence-corrected chi connectivity index (χ4v) is 3.84. The Bertz CT molecular complexity index is 501. The van der Waals surface area contributed by atoms with Gasteiger partial charge >= 0.3 is 0 Å². The van der Waals surface area contributed by atoms with E-state index in [1.54, 1.807) is 0 Å². The van der Waals surface area contributed by atoms with Crippen LogP contribution in [0.15, 0.2) is 30.3 Å². The Morgan fingerprint density at radius 2 is 2.00 bits per heavy atom. The first kappa shape index (κ1) is 15.3. The topological polar surface area (TPSA) is 55.4 Å². The summed E-state index contributed by atoms with van der Waals surface area (Å²) in [6.07, 6.45) is 4.91. The molecule has 1 aromatic rings. The zero-order chi connectivity index (χ0) is 14.4. The van der Waals surface area contributed by atoms with Crippen LogP contribution in [0.5, 0.6) is 5.75 Å². The van der Waals surface area contributed by atoms with Gasteiger partial charge in [0.25, 0.3) is 0 Å². The lowest BCUT2D eigenvalue weighted by atomic mass is 9.95. The van der Waals surface area contributed by atoms with Gasteiger partial charge in [0.15, 0.2) is 0 Å². The van der Waals surface area contributed by atoms with Crippen molar-refractivity contribution in [1.29, 1.82) is 0 Å². The van der Waals surface area contributed by atoms with Gasteiger partial charge in [-0.25, -0.2) is 8.42 Å². The molecule has 20 heavy (non-hydrogen) atoms. The fraction of sp³-hybridized carbons (Fsp3) is 0.600. The molecular formula is C15H23NO3S. The number of rotatable bonds is 6. The number of hydrogen-bond donors (Lipinski definition) is 1. The molecule has 1 N–H and O–H groups in total. The molecule has 1 aromatic carbocycles. The largest absolute Gasteiger partial charge is 0.492 e. The molecule has 1 aliphatic rings. The second-order valence-corrected chi connectivity index (χ2v) is 7.76. The molecule has 0 aliphatic heterocycles. The van der Waals surface area contributed by atoms with E-state index in [0.29, 0.717) is 12.6 Å². The zero-order valence-corrected chi connectivity index (χ0v) is 12.7. The van der Waals surface area contributed by atoms with Crippen molar-refractivity contribution in [3.63, 3.8) is 0 Å². The first-order chi connectivity index (χ1) is 9.55. The van der Waals surface area contributed by atoms with Crippen LogP contribution in [0.3, 0.4) is 0 Å². The summed E-state index contributed by atoms with van der Waals surface area (Å²) in [6, 6.07) is 10.0. The normalized spacial score (nSPS) is 23.4. The van der Waals surface area contributed by atoms with E-state index in [1.165, 1.54) is 6.26 Å². The molecule has 2 unspecified atom stereocenters. The van der Waals surface area contributed by atoms with E-state index < -0.39 is 9.84 Å². The summed E-state index contributed by atoms with van der Waals surface area (Å²) in [4.78, 5) is 0. The highest BCUT2D eigenvalue weighted by Gasteiger charge is 2.28. The summed E-state index contributed by atoms with van der Waals surface area (Å²) in [5.41, 5.74) is 0. The standard InChI is InChI=1S/C15H23NO3S/c1-20(17,18)15-9-5-6-13(12-15)16-10-11-19-14-7-3-2-4-8-14/h2-4,7-8,13,15-16H,5-6,9-12H2,1H3. The van der Waals surface area contributed by atoms with Crippen molar-refractivity contribution in [2.45, 2.75) is 37.0 Å². The Morgan fingerprint density at radius 3 is 2.70 bits per heavy atom. The molecule has 0 saturated heterocycles. The number of para-hydroxylation sites is 1. The van der Waals surface area contributed by atoms with Crippen LogP contribution in [-0.4, -0.2) is 39.1 Å². The molecule has 0 spiro atoms. The van der Waals surface area contributed by atoms with Gasteiger partial charge in [0.1, 0.15) is 22.2 Å². The molecule has 2 rings (SSSR count). The molecule has 1 fully saturated rings. The highest BCUT2D eigenvalue weighted by molar-refractivity contribution is 7.91. The summed E-state index contributed by atoms with van der Waals surface area (Å²) in [5.74, 6) is 0.868. The van der Waals surface area contributed by atoms with Crippen molar-refractivity contribution in [1.82, 2.24) is 5.32 Å². The summed E-state index contributed by atoms with van der Waals surface area (Å²) >= 11 is 0. The van der Waals surface area contributed by atoms with Crippen LogP contribution in [0.2, 0.25) is 0 Å². The maximum absolute atomic E-state index is 11.6. The average Bonchev–Trinajstić information content (AvgIpc) is 2.44. The van der Waals surface area contributed by atoms with Gasteiger partial charge in [-0.15, -0.1) is 0 Å². The molecule has 0 heterocycles. The average molecular weight is 297 g/mol. The van der Waals surface area contributed by atoms with E-state index in [9.17, 15) is 8.42 Å². The lowest BCUT2D eigenvalue weighted by molar-refractivity contribution is 0.289. The molecule has 1 saturated carbocycles. The summed E-state index contributed by atoms with van der Waals surface area (Å²) in [5, 5.41) is 3.23. The zero-order valence-electron chi connectivity index (χ0n) is 11.9. The van der Waals surface area contributed by atoms with Gasteiger partial charge in [-0.2, -0.15) is 0 Å². The minimum Gasteiger partial charge on any atom is -0.492 e. The first-order valence-electron chi connectivity index (χ1n) is 7.16. The minimum atomic E-state index is -2.90. The van der Waals surface area contributed by atoms with Crippen molar-refractivity contribution in [2.75, 3.05) is 19.4 Å². The van der Waals surface area contributed by atoms with Crippen molar-refractivity contribution in [2.24, 2.45) is 0 Å². The van der Waals surface area contributed by atoms with E-state index in [1.807, 2.05) is 30.3 Å². The second-order valence-electron chi connectivity index (χ2n) is 5.43. The van der Waals surface area contributed by atoms with E-state index in [2.05, 4.69) is 5.32 Å². The van der Waals surface area contributed by atoms with Gasteiger partial charge in [-0.3, -0.25) is 0 Å². The maximum atomic E-state index is 11.6. The molecule has 0 amide bonds. The highest BCUT2D eigenvalue weighted by Crippen LogP contribution is 2.23. The number of nitrogens with one attached hydrogen (secondary N) is 1. The third-order valence-corrected chi connectivity index (χ3v) is 5.42. The Labute approximate surface area is 121 Å². The SMILES string of the molecule is CS(=O)(=O)C1CCCC(NCCOc2ccccc2)C1. The van der Waals surface area contributed by atoms with Crippen LogP contribution >= 0.6 is 0 Å². The van der Waals surface area contributed by atoms with Crippen LogP contribution in [-0.2, 0) is 9.84 Å². The molecule has 112 valence electrons. The van der Waals surface area contributed by atoms with Crippen molar-refractivity contribution in [3.05, 3.63) is 30.3 Å². The molecule has 2 atom stereocenters. The second kappa shape index (κ2) is 7.09. The molecule has 5 heteroatoms. The van der Waals surface area contributed by atoms with Crippen molar-refractivity contribution < 1.29 is 13.2 Å². The van der Waals surface area contributed by atoms with Crippen LogP contribution in [0, 0.1) is 0 Å². The molecule has 0 bridgehead atoms. The van der Waals surface area contributed by atoms with Gasteiger partial charge in [0.05, 0.1) is 5.25 Å². The quantitative estimate of drug-likeness (QED) is 0.816. The van der Waals surface area contributed by atoms with Crippen LogP contribution < -0.4 is 10.1 Å². The van der Waals surface area contributed by atoms with Gasteiger partial charge < -0.3 is 10.1 Å². The lowest BCUT2D eigenvalue weighted by Gasteiger charge is -2.28. The molecular weight excluding hydrogens is 274 g/mol. The van der Waals surface area contributed by atoms with Crippen LogP contribution in [0.1, 0.15) is 25.7 Å². The van der Waals surface area contributed by atoms with Crippen LogP contribution in [0.4, 0.5) is 0 Å². The summed E-state index contributed by atoms with van der Waals surface area (Å²) in [6.45, 7) is 1.35. The molecule has 1 aliphatic carbocycles. The summed E-state index contributed by atoms with van der Waals surface area (Å²) in [7, 11) is -2.90. The molecule has 0 radical (unpaired) electrons. The van der Waals surface area contributed by atoms with Gasteiger partial charge in [0, 0.05) is 18.8 Å². The maximum Gasteiger partial charge on any atom is 0.150 e. The Balaban J connectivity index is 1.69. The number of ether oxygens (including phenoxy) is 1. The first-order valence-corrected chi connectivity index (χ1v) is 9.11. The van der Waals surface area contributed by atoms with E-state index in [-0.39, 0.29) is 5.25 Å². The molecule has 0 aromatic heterocycles. The number of benzene rings is 1. The van der Waals surface area contributed by atoms with E-state index in [0.717, 1.165) is 38.0 Å². The Morgan fingerprint density at radius 1 is 1.25 bits per heavy atom. The van der Waals surface area contributed by atoms with Gasteiger partial charge in [0.2, 0.25) is 0 Å². The Kier molecular flexibility index (Phi) is 5.43. The van der Waals surface area contributed by atoms with Crippen LogP contribution in [0.25, 0.3) is 0 Å². The molecule has 4 nitrogen and oxygen atoms in total. The Hall–Kier alpha value is -1.07. The third-order valence-electron chi connectivity index (χ3n) is 3.78. The van der Waals surface area contributed by atoms with Crippen molar-refractivity contribution in [3.8, 4) is 5.75 Å². The predicted molar refractivity (Wildman–Crippen MR) is 80.8 cm³/mol.